The molecule has 0 spiro atoms. The van der Waals surface area contributed by atoms with E-state index in [2.05, 4.69) is 37.8 Å². The lowest BCUT2D eigenvalue weighted by molar-refractivity contribution is 0.104. The van der Waals surface area contributed by atoms with Gasteiger partial charge >= 0.3 is 0 Å². The SMILES string of the molecule is O=C(/C=C/c1ccnnc1)c1c(-c2ccccc2)c2cc(I)ccc2[nH]c1=O. The predicted molar refractivity (Wildman–Crippen MR) is 118 cm³/mol. The lowest BCUT2D eigenvalue weighted by Crippen LogP contribution is -2.18. The molecule has 4 aromatic rings. The molecular formula is C22H14IN3O2. The Hall–Kier alpha value is -3.13. The Morgan fingerprint density at radius 3 is 2.61 bits per heavy atom. The molecule has 0 radical (unpaired) electrons. The Morgan fingerprint density at radius 2 is 1.86 bits per heavy atom. The zero-order valence-corrected chi connectivity index (χ0v) is 16.8. The van der Waals surface area contributed by atoms with E-state index in [0.717, 1.165) is 20.1 Å². The minimum atomic E-state index is -0.407. The van der Waals surface area contributed by atoms with E-state index in [4.69, 9.17) is 0 Å². The number of pyridine rings is 1. The van der Waals surface area contributed by atoms with Crippen molar-refractivity contribution in [1.29, 1.82) is 0 Å². The summed E-state index contributed by atoms with van der Waals surface area (Å²) in [4.78, 5) is 28.7. The highest BCUT2D eigenvalue weighted by molar-refractivity contribution is 14.1. The molecule has 4 rings (SSSR count). The van der Waals surface area contributed by atoms with Crippen LogP contribution in [0.25, 0.3) is 28.1 Å². The van der Waals surface area contributed by atoms with Crippen LogP contribution >= 0.6 is 22.6 Å². The van der Waals surface area contributed by atoms with Gasteiger partial charge < -0.3 is 4.98 Å². The Balaban J connectivity index is 1.95. The van der Waals surface area contributed by atoms with Crippen molar-refractivity contribution in [3.05, 3.63) is 98.1 Å². The van der Waals surface area contributed by atoms with Crippen molar-refractivity contribution in [2.45, 2.75) is 0 Å². The first-order valence-electron chi connectivity index (χ1n) is 8.53. The molecule has 0 aliphatic rings. The maximum Gasteiger partial charge on any atom is 0.260 e. The molecule has 28 heavy (non-hydrogen) atoms. The average molecular weight is 479 g/mol. The summed E-state index contributed by atoms with van der Waals surface area (Å²) < 4.78 is 1.02. The van der Waals surface area contributed by atoms with Crippen LogP contribution in [0.15, 0.2) is 77.9 Å². The van der Waals surface area contributed by atoms with E-state index in [1.54, 1.807) is 24.5 Å². The average Bonchev–Trinajstić information content (AvgIpc) is 2.73. The molecule has 2 aromatic heterocycles. The van der Waals surface area contributed by atoms with Crippen LogP contribution in [0.5, 0.6) is 0 Å². The van der Waals surface area contributed by atoms with Gasteiger partial charge in [-0.1, -0.05) is 30.3 Å². The Morgan fingerprint density at radius 1 is 1.04 bits per heavy atom. The highest BCUT2D eigenvalue weighted by Gasteiger charge is 2.19. The number of halogens is 1. The molecule has 0 saturated heterocycles. The number of ketones is 1. The van der Waals surface area contributed by atoms with Gasteiger partial charge in [-0.25, -0.2) is 0 Å². The van der Waals surface area contributed by atoms with Crippen LogP contribution in [0.3, 0.4) is 0 Å². The van der Waals surface area contributed by atoms with Crippen molar-refractivity contribution < 1.29 is 4.79 Å². The van der Waals surface area contributed by atoms with Crippen molar-refractivity contribution >= 4 is 45.4 Å². The van der Waals surface area contributed by atoms with Crippen LogP contribution in [-0.4, -0.2) is 21.0 Å². The number of hydrogen-bond acceptors (Lipinski definition) is 4. The first-order valence-corrected chi connectivity index (χ1v) is 9.61. The molecule has 2 aromatic carbocycles. The molecule has 2 heterocycles. The number of allylic oxidation sites excluding steroid dienone is 1. The summed E-state index contributed by atoms with van der Waals surface area (Å²) >= 11 is 2.22. The predicted octanol–water partition coefficient (Wildman–Crippen LogP) is 4.49. The van der Waals surface area contributed by atoms with Crippen molar-refractivity contribution in [3.63, 3.8) is 0 Å². The number of carbonyl (C=O) groups is 1. The van der Waals surface area contributed by atoms with E-state index in [1.165, 1.54) is 6.08 Å². The second-order valence-electron chi connectivity index (χ2n) is 6.13. The van der Waals surface area contributed by atoms with Crippen molar-refractivity contribution in [2.24, 2.45) is 0 Å². The summed E-state index contributed by atoms with van der Waals surface area (Å²) in [6.45, 7) is 0. The number of fused-ring (bicyclic) bond motifs is 1. The number of aromatic amines is 1. The first kappa shape index (κ1) is 18.2. The van der Waals surface area contributed by atoms with Gasteiger partial charge in [0.25, 0.3) is 5.56 Å². The molecule has 5 nitrogen and oxygen atoms in total. The fourth-order valence-electron chi connectivity index (χ4n) is 3.06. The van der Waals surface area contributed by atoms with E-state index < -0.39 is 5.56 Å². The monoisotopic (exact) mass is 479 g/mol. The summed E-state index contributed by atoms with van der Waals surface area (Å²) in [5.74, 6) is -0.363. The number of aromatic nitrogens is 3. The van der Waals surface area contributed by atoms with Crippen LogP contribution in [-0.2, 0) is 0 Å². The summed E-state index contributed by atoms with van der Waals surface area (Å²) in [7, 11) is 0. The minimum absolute atomic E-state index is 0.124. The molecule has 0 atom stereocenters. The summed E-state index contributed by atoms with van der Waals surface area (Å²) in [6, 6.07) is 17.0. The quantitative estimate of drug-likeness (QED) is 0.266. The fraction of sp³-hybridized carbons (Fsp3) is 0. The Labute approximate surface area is 174 Å². The maximum atomic E-state index is 13.0. The van der Waals surface area contributed by atoms with Gasteiger partial charge in [0.15, 0.2) is 5.78 Å². The Bertz CT molecular complexity index is 1250. The molecule has 1 N–H and O–H groups in total. The highest BCUT2D eigenvalue weighted by atomic mass is 127. The molecule has 0 aliphatic carbocycles. The van der Waals surface area contributed by atoms with Crippen LogP contribution in [0.2, 0.25) is 0 Å². The topological polar surface area (TPSA) is 75.7 Å². The third-order valence-corrected chi connectivity index (χ3v) is 4.99. The second kappa shape index (κ2) is 7.85. The van der Waals surface area contributed by atoms with E-state index in [9.17, 15) is 9.59 Å². The van der Waals surface area contributed by atoms with Crippen LogP contribution in [0, 0.1) is 3.57 Å². The lowest BCUT2D eigenvalue weighted by atomic mass is 9.94. The van der Waals surface area contributed by atoms with Crippen LogP contribution in [0.4, 0.5) is 0 Å². The fourth-order valence-corrected chi connectivity index (χ4v) is 3.55. The number of rotatable bonds is 4. The van der Waals surface area contributed by atoms with Crippen molar-refractivity contribution in [1.82, 2.24) is 15.2 Å². The van der Waals surface area contributed by atoms with E-state index in [1.807, 2.05) is 48.5 Å². The zero-order chi connectivity index (χ0) is 19.5. The maximum absolute atomic E-state index is 13.0. The molecule has 0 amide bonds. The number of nitrogens with one attached hydrogen (secondary N) is 1. The molecule has 0 bridgehead atoms. The molecule has 136 valence electrons. The molecule has 0 saturated carbocycles. The standard InChI is InChI=1S/C22H14IN3O2/c23-16-7-8-18-17(12-16)20(15-4-2-1-3-5-15)21(22(28)26-18)19(27)9-6-14-10-11-24-25-13-14/h1-13H,(H,26,28)/b9-6+. The van der Waals surface area contributed by atoms with E-state index in [-0.39, 0.29) is 11.3 Å². The van der Waals surface area contributed by atoms with Crippen molar-refractivity contribution in [3.8, 4) is 11.1 Å². The molecule has 0 aliphatic heterocycles. The number of H-pyrrole nitrogens is 1. The third kappa shape index (κ3) is 3.63. The molecule has 0 unspecified atom stereocenters. The molecule has 6 heteroatoms. The highest BCUT2D eigenvalue weighted by Crippen LogP contribution is 2.31. The molecular weight excluding hydrogens is 465 g/mol. The summed E-state index contributed by atoms with van der Waals surface area (Å²) in [6.07, 6.45) is 6.12. The van der Waals surface area contributed by atoms with Gasteiger partial charge in [0.05, 0.1) is 18.0 Å². The van der Waals surface area contributed by atoms with E-state index in [0.29, 0.717) is 11.1 Å². The van der Waals surface area contributed by atoms with Gasteiger partial charge in [-0.15, -0.1) is 0 Å². The van der Waals surface area contributed by atoms with E-state index >= 15 is 0 Å². The normalized spacial score (nSPS) is 11.2. The van der Waals surface area contributed by atoms with Crippen LogP contribution in [0.1, 0.15) is 15.9 Å². The van der Waals surface area contributed by atoms with Gasteiger partial charge in [0.2, 0.25) is 0 Å². The van der Waals surface area contributed by atoms with Gasteiger partial charge in [0.1, 0.15) is 0 Å². The number of hydrogen-bond donors (Lipinski definition) is 1. The number of benzene rings is 2. The number of nitrogens with zero attached hydrogens (tertiary/aromatic N) is 2. The van der Waals surface area contributed by atoms with Crippen molar-refractivity contribution in [2.75, 3.05) is 0 Å². The number of carbonyl (C=O) groups excluding carboxylic acids is 1. The Kier molecular flexibility index (Phi) is 5.12. The largest absolute Gasteiger partial charge is 0.321 e. The third-order valence-electron chi connectivity index (χ3n) is 4.32. The molecule has 0 fully saturated rings. The van der Waals surface area contributed by atoms with Gasteiger partial charge in [-0.2, -0.15) is 10.2 Å². The summed E-state index contributed by atoms with van der Waals surface area (Å²) in [5, 5.41) is 8.34. The van der Waals surface area contributed by atoms with Gasteiger partial charge in [-0.3, -0.25) is 9.59 Å². The van der Waals surface area contributed by atoms with Gasteiger partial charge in [0, 0.05) is 20.0 Å². The summed E-state index contributed by atoms with van der Waals surface area (Å²) in [5.41, 5.74) is 2.61. The minimum Gasteiger partial charge on any atom is -0.321 e. The lowest BCUT2D eigenvalue weighted by Gasteiger charge is -2.11. The second-order valence-corrected chi connectivity index (χ2v) is 7.38. The van der Waals surface area contributed by atoms with Gasteiger partial charge in [-0.05, 0) is 70.1 Å². The van der Waals surface area contributed by atoms with Crippen LogP contribution < -0.4 is 5.56 Å². The first-order chi connectivity index (χ1) is 13.6. The smallest absolute Gasteiger partial charge is 0.260 e. The zero-order valence-electron chi connectivity index (χ0n) is 14.6.